The second-order valence-corrected chi connectivity index (χ2v) is 6.31. The summed E-state index contributed by atoms with van der Waals surface area (Å²) < 4.78 is 0. The van der Waals surface area contributed by atoms with E-state index in [-0.39, 0.29) is 11.8 Å². The van der Waals surface area contributed by atoms with Crippen LogP contribution in [-0.2, 0) is 11.2 Å². The van der Waals surface area contributed by atoms with Crippen LogP contribution in [0.1, 0.15) is 54.9 Å². The van der Waals surface area contributed by atoms with E-state index in [4.69, 9.17) is 0 Å². The lowest BCUT2D eigenvalue weighted by Crippen LogP contribution is -2.41. The van der Waals surface area contributed by atoms with Gasteiger partial charge in [-0.3, -0.25) is 9.59 Å². The molecule has 21 heavy (non-hydrogen) atoms. The molecule has 0 atom stereocenters. The van der Waals surface area contributed by atoms with Crippen LogP contribution in [0.4, 0.5) is 5.69 Å². The van der Waals surface area contributed by atoms with Crippen LogP contribution in [0, 0.1) is 5.41 Å². The number of fused-ring (bicyclic) bond motifs is 1. The zero-order valence-electron chi connectivity index (χ0n) is 12.5. The number of anilines is 1. The SMILES string of the molecule is CCC1(CNC(=O)c2ccc3c(c2)CCC(=O)N3)CCC1. The summed E-state index contributed by atoms with van der Waals surface area (Å²) in [5.41, 5.74) is 2.91. The van der Waals surface area contributed by atoms with E-state index in [0.717, 1.165) is 24.2 Å². The van der Waals surface area contributed by atoms with Gasteiger partial charge in [0.2, 0.25) is 5.91 Å². The highest BCUT2D eigenvalue weighted by Gasteiger charge is 2.35. The molecule has 0 saturated heterocycles. The number of hydrogen-bond acceptors (Lipinski definition) is 2. The predicted molar refractivity (Wildman–Crippen MR) is 82.3 cm³/mol. The fourth-order valence-electron chi connectivity index (χ4n) is 3.23. The third kappa shape index (κ3) is 2.80. The molecular weight excluding hydrogens is 264 g/mol. The van der Waals surface area contributed by atoms with Gasteiger partial charge in [0.25, 0.3) is 5.91 Å². The van der Waals surface area contributed by atoms with Crippen molar-refractivity contribution in [2.24, 2.45) is 5.41 Å². The minimum absolute atomic E-state index is 0.00516. The molecule has 0 bridgehead atoms. The lowest BCUT2D eigenvalue weighted by molar-refractivity contribution is -0.116. The third-order valence-electron chi connectivity index (χ3n) is 5.05. The Morgan fingerprint density at radius 2 is 2.14 bits per heavy atom. The van der Waals surface area contributed by atoms with E-state index < -0.39 is 0 Å². The summed E-state index contributed by atoms with van der Waals surface area (Å²) >= 11 is 0. The fourth-order valence-corrected chi connectivity index (χ4v) is 3.23. The molecule has 4 heteroatoms. The molecule has 1 heterocycles. The lowest BCUT2D eigenvalue weighted by Gasteiger charge is -2.41. The van der Waals surface area contributed by atoms with Gasteiger partial charge in [-0.1, -0.05) is 13.3 Å². The quantitative estimate of drug-likeness (QED) is 0.894. The van der Waals surface area contributed by atoms with Crippen LogP contribution in [0.3, 0.4) is 0 Å². The van der Waals surface area contributed by atoms with Crippen molar-refractivity contribution in [3.63, 3.8) is 0 Å². The number of aryl methyl sites for hydroxylation is 1. The average Bonchev–Trinajstić information content (AvgIpc) is 2.45. The Kier molecular flexibility index (Phi) is 3.70. The maximum atomic E-state index is 12.3. The Balaban J connectivity index is 1.66. The third-order valence-corrected chi connectivity index (χ3v) is 5.05. The van der Waals surface area contributed by atoms with Crippen LogP contribution in [-0.4, -0.2) is 18.4 Å². The van der Waals surface area contributed by atoms with Gasteiger partial charge >= 0.3 is 0 Å². The normalized spacial score (nSPS) is 19.2. The summed E-state index contributed by atoms with van der Waals surface area (Å²) in [5.74, 6) is 0.0454. The molecule has 3 rings (SSSR count). The Morgan fingerprint density at radius 1 is 1.33 bits per heavy atom. The molecule has 4 nitrogen and oxygen atoms in total. The molecule has 112 valence electrons. The van der Waals surface area contributed by atoms with E-state index in [9.17, 15) is 9.59 Å². The van der Waals surface area contributed by atoms with Crippen molar-refractivity contribution in [3.8, 4) is 0 Å². The minimum atomic E-state index is -0.00516. The molecular formula is C17H22N2O2. The second-order valence-electron chi connectivity index (χ2n) is 6.31. The highest BCUT2D eigenvalue weighted by molar-refractivity contribution is 5.97. The molecule has 0 unspecified atom stereocenters. The van der Waals surface area contributed by atoms with Crippen molar-refractivity contribution in [2.75, 3.05) is 11.9 Å². The first-order valence-electron chi connectivity index (χ1n) is 7.83. The molecule has 2 amide bonds. The first-order valence-corrected chi connectivity index (χ1v) is 7.83. The number of carbonyl (C=O) groups is 2. The van der Waals surface area contributed by atoms with Gasteiger partial charge in [-0.2, -0.15) is 0 Å². The van der Waals surface area contributed by atoms with Crippen LogP contribution in [0.25, 0.3) is 0 Å². The maximum absolute atomic E-state index is 12.3. The number of amides is 2. The molecule has 0 spiro atoms. The summed E-state index contributed by atoms with van der Waals surface area (Å²) in [4.78, 5) is 23.6. The van der Waals surface area contributed by atoms with Crippen LogP contribution < -0.4 is 10.6 Å². The maximum Gasteiger partial charge on any atom is 0.251 e. The molecule has 1 aromatic rings. The van der Waals surface area contributed by atoms with Crippen molar-refractivity contribution in [1.29, 1.82) is 0 Å². The largest absolute Gasteiger partial charge is 0.351 e. The van der Waals surface area contributed by atoms with Crippen LogP contribution in [0.5, 0.6) is 0 Å². The van der Waals surface area contributed by atoms with Gasteiger partial charge < -0.3 is 10.6 Å². The van der Waals surface area contributed by atoms with Crippen LogP contribution in [0.15, 0.2) is 18.2 Å². The average molecular weight is 286 g/mol. The summed E-state index contributed by atoms with van der Waals surface area (Å²) in [6, 6.07) is 5.53. The summed E-state index contributed by atoms with van der Waals surface area (Å²) in [7, 11) is 0. The van der Waals surface area contributed by atoms with Gasteiger partial charge in [-0.25, -0.2) is 0 Å². The number of nitrogens with one attached hydrogen (secondary N) is 2. The van der Waals surface area contributed by atoms with Gasteiger partial charge in [0.15, 0.2) is 0 Å². The molecule has 2 aliphatic rings. The van der Waals surface area contributed by atoms with Crippen molar-refractivity contribution in [1.82, 2.24) is 5.32 Å². The molecule has 1 fully saturated rings. The van der Waals surface area contributed by atoms with Gasteiger partial charge in [-0.15, -0.1) is 0 Å². The number of carbonyl (C=O) groups excluding carboxylic acids is 2. The zero-order chi connectivity index (χ0) is 14.9. The Labute approximate surface area is 125 Å². The van der Waals surface area contributed by atoms with E-state index in [1.807, 2.05) is 12.1 Å². The van der Waals surface area contributed by atoms with Gasteiger partial charge in [0.05, 0.1) is 0 Å². The van der Waals surface area contributed by atoms with Gasteiger partial charge in [0, 0.05) is 24.2 Å². The number of rotatable bonds is 4. The second kappa shape index (κ2) is 5.51. The van der Waals surface area contributed by atoms with Crippen LogP contribution in [0.2, 0.25) is 0 Å². The van der Waals surface area contributed by atoms with Crippen molar-refractivity contribution in [2.45, 2.75) is 45.4 Å². The summed E-state index contributed by atoms with van der Waals surface area (Å²) in [6.45, 7) is 2.98. The van der Waals surface area contributed by atoms with E-state index in [2.05, 4.69) is 17.6 Å². The first kappa shape index (κ1) is 14.1. The summed E-state index contributed by atoms with van der Waals surface area (Å²) in [6.07, 6.45) is 6.06. The minimum Gasteiger partial charge on any atom is -0.351 e. The molecule has 2 N–H and O–H groups in total. The molecule has 1 aromatic carbocycles. The van der Waals surface area contributed by atoms with Gasteiger partial charge in [0.1, 0.15) is 0 Å². The number of benzene rings is 1. The van der Waals surface area contributed by atoms with Crippen molar-refractivity contribution in [3.05, 3.63) is 29.3 Å². The van der Waals surface area contributed by atoms with E-state index in [1.54, 1.807) is 6.07 Å². The van der Waals surface area contributed by atoms with E-state index in [1.165, 1.54) is 19.3 Å². The fraction of sp³-hybridized carbons (Fsp3) is 0.529. The number of hydrogen-bond donors (Lipinski definition) is 2. The molecule has 1 aliphatic heterocycles. The molecule has 0 aromatic heterocycles. The standard InChI is InChI=1S/C17H22N2O2/c1-2-17(8-3-9-17)11-18-16(21)13-4-6-14-12(10-13)5-7-15(20)19-14/h4,6,10H,2-3,5,7-9,11H2,1H3,(H,18,21)(H,19,20). The van der Waals surface area contributed by atoms with Gasteiger partial charge in [-0.05, 0) is 54.9 Å². The van der Waals surface area contributed by atoms with Crippen molar-refractivity contribution < 1.29 is 9.59 Å². The first-order chi connectivity index (χ1) is 10.1. The zero-order valence-corrected chi connectivity index (χ0v) is 12.5. The Hall–Kier alpha value is -1.84. The van der Waals surface area contributed by atoms with Crippen molar-refractivity contribution >= 4 is 17.5 Å². The molecule has 1 saturated carbocycles. The molecule has 0 radical (unpaired) electrons. The topological polar surface area (TPSA) is 58.2 Å². The lowest BCUT2D eigenvalue weighted by atomic mass is 9.67. The predicted octanol–water partition coefficient (Wildman–Crippen LogP) is 2.88. The Bertz CT molecular complexity index is 571. The van der Waals surface area contributed by atoms with E-state index in [0.29, 0.717) is 23.8 Å². The Morgan fingerprint density at radius 3 is 2.81 bits per heavy atom. The van der Waals surface area contributed by atoms with Crippen LogP contribution >= 0.6 is 0 Å². The summed E-state index contributed by atoms with van der Waals surface area (Å²) in [5, 5.41) is 5.92. The highest BCUT2D eigenvalue weighted by atomic mass is 16.2. The monoisotopic (exact) mass is 286 g/mol. The highest BCUT2D eigenvalue weighted by Crippen LogP contribution is 2.43. The van der Waals surface area contributed by atoms with E-state index >= 15 is 0 Å². The smallest absolute Gasteiger partial charge is 0.251 e. The molecule has 1 aliphatic carbocycles.